The fourth-order valence-electron chi connectivity index (χ4n) is 3.29. The molecule has 4 rings (SSSR count). The molecular formula is C22H16N4O5. The van der Waals surface area contributed by atoms with Gasteiger partial charge in [0.2, 0.25) is 0 Å². The lowest BCUT2D eigenvalue weighted by Crippen LogP contribution is -2.54. The van der Waals surface area contributed by atoms with Crippen LogP contribution in [0.4, 0.5) is 16.2 Å². The standard InChI is InChI=1S/C22H16N4O5/c1-14-4-2-5-18(12-14)25-21(28)19(20(27)23-22(25)29)13-17-6-3-11-24(17)15-7-9-16(10-8-15)26(30)31/h2-13H,1H3,(H,23,27,29). The van der Waals surface area contributed by atoms with Crippen molar-refractivity contribution in [2.45, 2.75) is 6.92 Å². The molecule has 2 aromatic carbocycles. The molecule has 3 aromatic rings. The number of anilines is 1. The predicted molar refractivity (Wildman–Crippen MR) is 113 cm³/mol. The lowest BCUT2D eigenvalue weighted by molar-refractivity contribution is -0.384. The summed E-state index contributed by atoms with van der Waals surface area (Å²) in [7, 11) is 0. The highest BCUT2D eigenvalue weighted by Crippen LogP contribution is 2.24. The number of amides is 4. The van der Waals surface area contributed by atoms with Crippen LogP contribution in [-0.4, -0.2) is 27.3 Å². The Bertz CT molecular complexity index is 1260. The summed E-state index contributed by atoms with van der Waals surface area (Å²) in [6.45, 7) is 1.83. The van der Waals surface area contributed by atoms with Gasteiger partial charge in [0.1, 0.15) is 5.57 Å². The summed E-state index contributed by atoms with van der Waals surface area (Å²) in [6, 6.07) is 15.2. The van der Waals surface area contributed by atoms with Crippen molar-refractivity contribution in [3.05, 3.63) is 93.8 Å². The van der Waals surface area contributed by atoms with Crippen molar-refractivity contribution in [1.29, 1.82) is 0 Å². The molecule has 0 aliphatic carbocycles. The highest BCUT2D eigenvalue weighted by atomic mass is 16.6. The molecule has 1 saturated heterocycles. The van der Waals surface area contributed by atoms with Crippen LogP contribution in [0.2, 0.25) is 0 Å². The summed E-state index contributed by atoms with van der Waals surface area (Å²) in [4.78, 5) is 49.1. The molecule has 1 aliphatic rings. The summed E-state index contributed by atoms with van der Waals surface area (Å²) < 4.78 is 1.67. The smallest absolute Gasteiger partial charge is 0.317 e. The summed E-state index contributed by atoms with van der Waals surface area (Å²) in [5.41, 5.74) is 2.05. The SMILES string of the molecule is Cc1cccc(N2C(=O)NC(=O)C(=Cc3cccn3-c3ccc([N+](=O)[O-])cc3)C2=O)c1. The van der Waals surface area contributed by atoms with E-state index >= 15 is 0 Å². The van der Waals surface area contributed by atoms with E-state index in [-0.39, 0.29) is 11.3 Å². The maximum Gasteiger partial charge on any atom is 0.335 e. The molecule has 1 aromatic heterocycles. The van der Waals surface area contributed by atoms with Crippen molar-refractivity contribution in [1.82, 2.24) is 9.88 Å². The minimum Gasteiger partial charge on any atom is -0.317 e. The first kappa shape index (κ1) is 19.8. The number of nitrogens with one attached hydrogen (secondary N) is 1. The number of carbonyl (C=O) groups excluding carboxylic acids is 3. The minimum absolute atomic E-state index is 0.0510. The van der Waals surface area contributed by atoms with Crippen molar-refractivity contribution >= 4 is 35.3 Å². The minimum atomic E-state index is -0.816. The molecule has 0 radical (unpaired) electrons. The number of aromatic nitrogens is 1. The Kier molecular flexibility index (Phi) is 4.92. The summed E-state index contributed by atoms with van der Waals surface area (Å²) >= 11 is 0. The number of hydrogen-bond acceptors (Lipinski definition) is 5. The fourth-order valence-corrected chi connectivity index (χ4v) is 3.29. The zero-order valence-corrected chi connectivity index (χ0v) is 16.3. The van der Waals surface area contributed by atoms with Crippen LogP contribution in [0.3, 0.4) is 0 Å². The zero-order valence-electron chi connectivity index (χ0n) is 16.3. The number of nitro groups is 1. The van der Waals surface area contributed by atoms with Gasteiger partial charge in [0.05, 0.1) is 10.6 Å². The molecule has 0 bridgehead atoms. The van der Waals surface area contributed by atoms with Gasteiger partial charge in [-0.2, -0.15) is 0 Å². The van der Waals surface area contributed by atoms with Crippen LogP contribution < -0.4 is 10.2 Å². The topological polar surface area (TPSA) is 115 Å². The number of benzene rings is 2. The van der Waals surface area contributed by atoms with Gasteiger partial charge in [-0.05, 0) is 55.0 Å². The van der Waals surface area contributed by atoms with Gasteiger partial charge in [0.15, 0.2) is 0 Å². The van der Waals surface area contributed by atoms with E-state index in [1.165, 1.54) is 18.2 Å². The quantitative estimate of drug-likeness (QED) is 0.303. The molecular weight excluding hydrogens is 400 g/mol. The zero-order chi connectivity index (χ0) is 22.1. The van der Waals surface area contributed by atoms with Gasteiger partial charge in [-0.1, -0.05) is 12.1 Å². The Hall–Kier alpha value is -4.53. The molecule has 1 aliphatic heterocycles. The summed E-state index contributed by atoms with van der Waals surface area (Å²) in [5, 5.41) is 13.1. The number of urea groups is 1. The normalized spacial score (nSPS) is 15.3. The molecule has 0 atom stereocenters. The number of nitrogens with zero attached hydrogens (tertiary/aromatic N) is 3. The molecule has 0 spiro atoms. The Morgan fingerprint density at radius 1 is 0.968 bits per heavy atom. The molecule has 9 nitrogen and oxygen atoms in total. The first-order chi connectivity index (χ1) is 14.8. The second-order valence-electron chi connectivity index (χ2n) is 6.87. The number of imide groups is 2. The van der Waals surface area contributed by atoms with Crippen molar-refractivity contribution in [2.24, 2.45) is 0 Å². The molecule has 1 fully saturated rings. The molecule has 2 heterocycles. The van der Waals surface area contributed by atoms with Gasteiger partial charge in [-0.15, -0.1) is 0 Å². The van der Waals surface area contributed by atoms with E-state index in [9.17, 15) is 24.5 Å². The van der Waals surface area contributed by atoms with Crippen LogP contribution in [0.1, 0.15) is 11.3 Å². The van der Waals surface area contributed by atoms with Gasteiger partial charge < -0.3 is 4.57 Å². The Morgan fingerprint density at radius 2 is 1.71 bits per heavy atom. The van der Waals surface area contributed by atoms with Crippen molar-refractivity contribution in [3.8, 4) is 5.69 Å². The van der Waals surface area contributed by atoms with Crippen LogP contribution >= 0.6 is 0 Å². The lowest BCUT2D eigenvalue weighted by atomic mass is 10.1. The number of aryl methyl sites for hydroxylation is 1. The second-order valence-corrected chi connectivity index (χ2v) is 6.87. The number of non-ortho nitro benzene ring substituents is 1. The predicted octanol–water partition coefficient (Wildman–Crippen LogP) is 3.36. The maximum absolute atomic E-state index is 13.0. The molecule has 0 saturated carbocycles. The number of barbiturate groups is 1. The average molecular weight is 416 g/mol. The first-order valence-corrected chi connectivity index (χ1v) is 9.25. The third kappa shape index (κ3) is 3.71. The highest BCUT2D eigenvalue weighted by Gasteiger charge is 2.37. The van der Waals surface area contributed by atoms with E-state index in [2.05, 4.69) is 5.32 Å². The van der Waals surface area contributed by atoms with Crippen LogP contribution in [0, 0.1) is 17.0 Å². The van der Waals surface area contributed by atoms with Crippen molar-refractivity contribution in [3.63, 3.8) is 0 Å². The Balaban J connectivity index is 1.72. The van der Waals surface area contributed by atoms with Crippen molar-refractivity contribution < 1.29 is 19.3 Å². The third-order valence-corrected chi connectivity index (χ3v) is 4.77. The van der Waals surface area contributed by atoms with Gasteiger partial charge >= 0.3 is 6.03 Å². The highest BCUT2D eigenvalue weighted by molar-refractivity contribution is 6.39. The maximum atomic E-state index is 13.0. The van der Waals surface area contributed by atoms with Crippen LogP contribution in [0.25, 0.3) is 11.8 Å². The fraction of sp³-hybridized carbons (Fsp3) is 0.0455. The summed E-state index contributed by atoms with van der Waals surface area (Å²) in [6.07, 6.45) is 3.08. The number of hydrogen-bond donors (Lipinski definition) is 1. The van der Waals surface area contributed by atoms with E-state index in [4.69, 9.17) is 0 Å². The second kappa shape index (κ2) is 7.71. The molecule has 4 amide bonds. The number of nitro benzene ring substituents is 1. The lowest BCUT2D eigenvalue weighted by Gasteiger charge is -2.26. The van der Waals surface area contributed by atoms with E-state index in [1.807, 2.05) is 13.0 Å². The van der Waals surface area contributed by atoms with Crippen molar-refractivity contribution in [2.75, 3.05) is 4.90 Å². The summed E-state index contributed by atoms with van der Waals surface area (Å²) in [5.74, 6) is -1.54. The van der Waals surface area contributed by atoms with Gasteiger partial charge in [-0.25, -0.2) is 9.69 Å². The third-order valence-electron chi connectivity index (χ3n) is 4.77. The van der Waals surface area contributed by atoms with E-state index in [0.717, 1.165) is 10.5 Å². The average Bonchev–Trinajstić information content (AvgIpc) is 3.19. The Labute approximate surface area is 176 Å². The van der Waals surface area contributed by atoms with E-state index in [1.54, 1.807) is 53.2 Å². The van der Waals surface area contributed by atoms with Gasteiger partial charge in [0, 0.05) is 29.7 Å². The van der Waals surface area contributed by atoms with E-state index in [0.29, 0.717) is 17.1 Å². The van der Waals surface area contributed by atoms with Crippen LogP contribution in [0.15, 0.2) is 72.4 Å². The monoisotopic (exact) mass is 416 g/mol. The molecule has 9 heteroatoms. The molecule has 1 N–H and O–H groups in total. The molecule has 0 unspecified atom stereocenters. The molecule has 31 heavy (non-hydrogen) atoms. The molecule has 154 valence electrons. The Morgan fingerprint density at radius 3 is 2.39 bits per heavy atom. The number of carbonyl (C=O) groups is 3. The largest absolute Gasteiger partial charge is 0.335 e. The van der Waals surface area contributed by atoms with E-state index < -0.39 is 22.8 Å². The van der Waals surface area contributed by atoms with Gasteiger partial charge in [-0.3, -0.25) is 25.0 Å². The first-order valence-electron chi connectivity index (χ1n) is 9.25. The van der Waals surface area contributed by atoms with Gasteiger partial charge in [0.25, 0.3) is 17.5 Å². The van der Waals surface area contributed by atoms with Crippen LogP contribution in [0.5, 0.6) is 0 Å². The van der Waals surface area contributed by atoms with Crippen LogP contribution in [-0.2, 0) is 9.59 Å². The number of rotatable bonds is 4.